The van der Waals surface area contributed by atoms with Crippen LogP contribution in [0, 0.1) is 11.3 Å². The van der Waals surface area contributed by atoms with Gasteiger partial charge in [0, 0.05) is 28.0 Å². The highest BCUT2D eigenvalue weighted by Crippen LogP contribution is 2.42. The molecule has 1 saturated carbocycles. The molecular weight excluding hydrogens is 356 g/mol. The molecule has 6 heteroatoms. The first-order valence-corrected chi connectivity index (χ1v) is 9.58. The molecule has 0 unspecified atom stereocenters. The highest BCUT2D eigenvalue weighted by Gasteiger charge is 2.26. The molecule has 1 fully saturated rings. The maximum Gasteiger partial charge on any atom is 0.258 e. The molecule has 0 radical (unpaired) electrons. The molecule has 1 aliphatic rings. The molecule has 0 amide bonds. The largest absolute Gasteiger partial charge is 0.334 e. The number of rotatable bonds is 4. The Morgan fingerprint density at radius 2 is 1.81 bits per heavy atom. The minimum atomic E-state index is 0.435. The van der Waals surface area contributed by atoms with Gasteiger partial charge in [0.15, 0.2) is 0 Å². The molecule has 0 aliphatic heterocycles. The van der Waals surface area contributed by atoms with Crippen molar-refractivity contribution in [3.8, 4) is 40.2 Å². The Morgan fingerprint density at radius 1 is 1.00 bits per heavy atom. The summed E-state index contributed by atoms with van der Waals surface area (Å²) in [5.74, 6) is 1.64. The van der Waals surface area contributed by atoms with Crippen molar-refractivity contribution < 1.29 is 4.52 Å². The second kappa shape index (κ2) is 6.45. The maximum absolute atomic E-state index is 8.90. The Balaban J connectivity index is 1.44. The van der Waals surface area contributed by atoms with Crippen LogP contribution in [0.5, 0.6) is 0 Å². The summed E-state index contributed by atoms with van der Waals surface area (Å²) in [5.41, 5.74) is 4.33. The van der Waals surface area contributed by atoms with Crippen LogP contribution in [0.4, 0.5) is 0 Å². The highest BCUT2D eigenvalue weighted by molar-refractivity contribution is 7.10. The van der Waals surface area contributed by atoms with Crippen LogP contribution in [0.15, 0.2) is 58.4 Å². The maximum atomic E-state index is 8.90. The lowest BCUT2D eigenvalue weighted by Crippen LogP contribution is -1.85. The summed E-state index contributed by atoms with van der Waals surface area (Å²) >= 11 is 1.74. The van der Waals surface area contributed by atoms with Crippen molar-refractivity contribution >= 4 is 11.3 Å². The molecule has 130 valence electrons. The van der Waals surface area contributed by atoms with Gasteiger partial charge in [0.25, 0.3) is 5.89 Å². The van der Waals surface area contributed by atoms with Gasteiger partial charge < -0.3 is 4.52 Å². The molecule has 1 aliphatic carbocycles. The molecule has 5 rings (SSSR count). The number of hydrogen-bond acceptors (Lipinski definition) is 6. The van der Waals surface area contributed by atoms with Crippen LogP contribution in [0.1, 0.15) is 29.3 Å². The van der Waals surface area contributed by atoms with E-state index in [1.165, 1.54) is 17.8 Å². The van der Waals surface area contributed by atoms with Crippen molar-refractivity contribution in [1.29, 1.82) is 5.26 Å². The summed E-state index contributed by atoms with van der Waals surface area (Å²) in [4.78, 5) is 9.28. The Bertz CT molecular complexity index is 1150. The molecule has 0 N–H and O–H groups in total. The summed E-state index contributed by atoms with van der Waals surface area (Å²) < 4.78 is 5.41. The van der Waals surface area contributed by atoms with Crippen molar-refractivity contribution in [1.82, 2.24) is 15.1 Å². The highest BCUT2D eigenvalue weighted by atomic mass is 32.1. The Morgan fingerprint density at radius 3 is 2.59 bits per heavy atom. The van der Waals surface area contributed by atoms with Crippen molar-refractivity contribution in [2.24, 2.45) is 0 Å². The van der Waals surface area contributed by atoms with E-state index in [1.807, 2.05) is 18.2 Å². The van der Waals surface area contributed by atoms with E-state index in [4.69, 9.17) is 14.8 Å². The van der Waals surface area contributed by atoms with Crippen LogP contribution in [-0.4, -0.2) is 15.1 Å². The Hall–Kier alpha value is -3.30. The zero-order valence-electron chi connectivity index (χ0n) is 14.3. The van der Waals surface area contributed by atoms with E-state index >= 15 is 0 Å². The average Bonchev–Trinajstić information content (AvgIpc) is 3.25. The molecule has 5 nitrogen and oxygen atoms in total. The first-order chi connectivity index (χ1) is 13.3. The lowest BCUT2D eigenvalue weighted by atomic mass is 10.1. The van der Waals surface area contributed by atoms with E-state index in [-0.39, 0.29) is 0 Å². The van der Waals surface area contributed by atoms with Gasteiger partial charge in [-0.3, -0.25) is 0 Å². The predicted molar refractivity (Wildman–Crippen MR) is 103 cm³/mol. The van der Waals surface area contributed by atoms with Crippen molar-refractivity contribution in [2.45, 2.75) is 18.8 Å². The van der Waals surface area contributed by atoms with Gasteiger partial charge in [-0.1, -0.05) is 23.4 Å². The van der Waals surface area contributed by atoms with Gasteiger partial charge in [-0.05, 0) is 43.2 Å². The molecule has 0 bridgehead atoms. The molecule has 0 spiro atoms. The van der Waals surface area contributed by atoms with Crippen LogP contribution < -0.4 is 0 Å². The van der Waals surface area contributed by atoms with Gasteiger partial charge in [0.1, 0.15) is 0 Å². The summed E-state index contributed by atoms with van der Waals surface area (Å²) in [6.07, 6.45) is 2.52. The van der Waals surface area contributed by atoms with E-state index in [0.29, 0.717) is 23.2 Å². The molecule has 2 heterocycles. The van der Waals surface area contributed by atoms with Gasteiger partial charge in [0.2, 0.25) is 5.82 Å². The summed E-state index contributed by atoms with van der Waals surface area (Å²) in [6.45, 7) is 0. The van der Waals surface area contributed by atoms with Crippen molar-refractivity contribution in [3.05, 3.63) is 64.5 Å². The third-order valence-corrected chi connectivity index (χ3v) is 5.56. The number of hydrogen-bond donors (Lipinski definition) is 0. The van der Waals surface area contributed by atoms with Crippen molar-refractivity contribution in [3.63, 3.8) is 0 Å². The van der Waals surface area contributed by atoms with Gasteiger partial charge in [-0.2, -0.15) is 10.2 Å². The Kier molecular flexibility index (Phi) is 3.80. The number of benzene rings is 2. The molecule has 2 aromatic heterocycles. The van der Waals surface area contributed by atoms with E-state index < -0.39 is 0 Å². The first-order valence-electron chi connectivity index (χ1n) is 8.70. The molecule has 27 heavy (non-hydrogen) atoms. The topological polar surface area (TPSA) is 75.6 Å². The lowest BCUT2D eigenvalue weighted by Gasteiger charge is -1.99. The fourth-order valence-electron chi connectivity index (χ4n) is 2.90. The van der Waals surface area contributed by atoms with Crippen LogP contribution in [-0.2, 0) is 0 Å². The first kappa shape index (κ1) is 15.9. The Labute approximate surface area is 159 Å². The van der Waals surface area contributed by atoms with E-state index in [0.717, 1.165) is 22.4 Å². The summed E-state index contributed by atoms with van der Waals surface area (Å²) in [5, 5.41) is 16.4. The predicted octanol–water partition coefficient (Wildman–Crippen LogP) is 5.28. The number of thiazole rings is 1. The standard InChI is InChI=1S/C21H14N4OS/c22-11-13-4-6-14(7-5-13)20-24-19(25-26-20)17-3-1-2-16(10-17)18-12-27-21(23-18)15-8-9-15/h1-7,10,12,15H,8-9H2. The SMILES string of the molecule is N#Cc1ccc(-c2nc(-c3cccc(-c4csc(C5CC5)n4)c3)no2)cc1. The van der Waals surface area contributed by atoms with Crippen LogP contribution in [0.2, 0.25) is 0 Å². The minimum Gasteiger partial charge on any atom is -0.334 e. The van der Waals surface area contributed by atoms with Crippen LogP contribution in [0.3, 0.4) is 0 Å². The normalized spacial score (nSPS) is 13.4. The fraction of sp³-hybridized carbons (Fsp3) is 0.143. The zero-order valence-corrected chi connectivity index (χ0v) is 15.1. The monoisotopic (exact) mass is 370 g/mol. The zero-order chi connectivity index (χ0) is 18.2. The van der Waals surface area contributed by atoms with Crippen molar-refractivity contribution in [2.75, 3.05) is 0 Å². The number of nitrogens with zero attached hydrogens (tertiary/aromatic N) is 4. The van der Waals surface area contributed by atoms with Crippen LogP contribution in [0.25, 0.3) is 34.1 Å². The van der Waals surface area contributed by atoms with Crippen LogP contribution >= 0.6 is 11.3 Å². The molecule has 2 aromatic carbocycles. The quantitative estimate of drug-likeness (QED) is 0.489. The van der Waals surface area contributed by atoms with Gasteiger partial charge in [-0.15, -0.1) is 11.3 Å². The van der Waals surface area contributed by atoms with Gasteiger partial charge >= 0.3 is 0 Å². The molecule has 0 saturated heterocycles. The fourth-order valence-corrected chi connectivity index (χ4v) is 3.90. The third kappa shape index (κ3) is 3.14. The summed E-state index contributed by atoms with van der Waals surface area (Å²) in [6, 6.07) is 17.2. The third-order valence-electron chi connectivity index (χ3n) is 4.55. The lowest BCUT2D eigenvalue weighted by molar-refractivity contribution is 0.432. The van der Waals surface area contributed by atoms with Gasteiger partial charge in [-0.25, -0.2) is 4.98 Å². The van der Waals surface area contributed by atoms with E-state index in [1.54, 1.807) is 35.6 Å². The minimum absolute atomic E-state index is 0.435. The van der Waals surface area contributed by atoms with E-state index in [9.17, 15) is 0 Å². The van der Waals surface area contributed by atoms with Gasteiger partial charge in [0.05, 0.1) is 22.3 Å². The number of nitriles is 1. The van der Waals surface area contributed by atoms with E-state index in [2.05, 4.69) is 27.7 Å². The second-order valence-electron chi connectivity index (χ2n) is 6.54. The average molecular weight is 370 g/mol. The molecular formula is C21H14N4OS. The summed E-state index contributed by atoms with van der Waals surface area (Å²) in [7, 11) is 0. The number of aromatic nitrogens is 3. The smallest absolute Gasteiger partial charge is 0.258 e. The molecule has 0 atom stereocenters. The second-order valence-corrected chi connectivity index (χ2v) is 7.43. The molecule has 4 aromatic rings.